The quantitative estimate of drug-likeness (QED) is 0.665. The third kappa shape index (κ3) is 3.94. The third-order valence-electron chi connectivity index (χ3n) is 4.55. The van der Waals surface area contributed by atoms with E-state index in [4.69, 9.17) is 20.8 Å². The van der Waals surface area contributed by atoms with Crippen LogP contribution in [0, 0.1) is 6.92 Å². The lowest BCUT2D eigenvalue weighted by atomic mass is 10.2. The van der Waals surface area contributed by atoms with Crippen molar-refractivity contribution >= 4 is 23.3 Å². The zero-order chi connectivity index (χ0) is 19.5. The van der Waals surface area contributed by atoms with Crippen LogP contribution in [0.15, 0.2) is 53.4 Å². The van der Waals surface area contributed by atoms with E-state index >= 15 is 0 Å². The van der Waals surface area contributed by atoms with Gasteiger partial charge in [-0.2, -0.15) is 0 Å². The number of piperazine rings is 1. The van der Waals surface area contributed by atoms with Gasteiger partial charge in [0.15, 0.2) is 5.76 Å². The normalized spacial score (nSPS) is 14.2. The zero-order valence-electron chi connectivity index (χ0n) is 15.3. The minimum atomic E-state index is -0.0922. The molecule has 0 N–H and O–H groups in total. The van der Waals surface area contributed by atoms with Crippen LogP contribution in [-0.2, 0) is 0 Å². The number of furan rings is 1. The van der Waals surface area contributed by atoms with Gasteiger partial charge >= 0.3 is 0 Å². The number of nitrogens with zero attached hydrogens (tertiary/aromatic N) is 4. The Kier molecular flexibility index (Phi) is 5.16. The Balaban J connectivity index is 1.42. The zero-order valence-corrected chi connectivity index (χ0v) is 16.1. The summed E-state index contributed by atoms with van der Waals surface area (Å²) in [6.45, 7) is 4.47. The summed E-state index contributed by atoms with van der Waals surface area (Å²) in [6.07, 6.45) is 2.97. The molecule has 7 nitrogen and oxygen atoms in total. The molecular formula is C20H19ClN4O3. The Bertz CT molecular complexity index is 969. The lowest BCUT2D eigenvalue weighted by molar-refractivity contribution is 0.0714. The molecule has 1 aromatic carbocycles. The van der Waals surface area contributed by atoms with Crippen LogP contribution in [0.25, 0.3) is 0 Å². The monoisotopic (exact) mass is 398 g/mol. The van der Waals surface area contributed by atoms with Crippen molar-refractivity contribution in [1.29, 1.82) is 0 Å². The van der Waals surface area contributed by atoms with Crippen molar-refractivity contribution in [1.82, 2.24) is 14.9 Å². The Morgan fingerprint density at radius 2 is 1.96 bits per heavy atom. The van der Waals surface area contributed by atoms with Crippen LogP contribution < -0.4 is 9.64 Å². The number of ether oxygens (including phenoxy) is 1. The Hall–Kier alpha value is -3.06. The smallest absolute Gasteiger partial charge is 0.289 e. The van der Waals surface area contributed by atoms with Gasteiger partial charge in [-0.15, -0.1) is 0 Å². The van der Waals surface area contributed by atoms with Gasteiger partial charge in [0.1, 0.15) is 17.9 Å². The molecule has 1 amide bonds. The van der Waals surface area contributed by atoms with Gasteiger partial charge < -0.3 is 19.0 Å². The minimum absolute atomic E-state index is 0.0922. The number of amides is 1. The van der Waals surface area contributed by atoms with Crippen molar-refractivity contribution in [2.45, 2.75) is 6.92 Å². The van der Waals surface area contributed by atoms with Crippen molar-refractivity contribution in [2.75, 3.05) is 31.1 Å². The molecule has 3 aromatic rings. The number of hydrogen-bond donors (Lipinski definition) is 0. The van der Waals surface area contributed by atoms with E-state index < -0.39 is 0 Å². The number of carbonyl (C=O) groups excluding carboxylic acids is 1. The molecule has 3 heterocycles. The molecule has 1 aliphatic rings. The maximum absolute atomic E-state index is 12.4. The predicted molar refractivity (Wildman–Crippen MR) is 105 cm³/mol. The van der Waals surface area contributed by atoms with Crippen LogP contribution in [-0.4, -0.2) is 47.0 Å². The molecule has 0 aliphatic carbocycles. The average molecular weight is 399 g/mol. The summed E-state index contributed by atoms with van der Waals surface area (Å²) < 4.78 is 11.0. The van der Waals surface area contributed by atoms with E-state index in [0.29, 0.717) is 48.6 Å². The second kappa shape index (κ2) is 7.90. The van der Waals surface area contributed by atoms with E-state index in [0.717, 1.165) is 11.4 Å². The number of aryl methyl sites for hydroxylation is 1. The topological polar surface area (TPSA) is 71.7 Å². The van der Waals surface area contributed by atoms with E-state index in [9.17, 15) is 4.79 Å². The van der Waals surface area contributed by atoms with Gasteiger partial charge in [-0.05, 0) is 36.8 Å². The molecule has 0 unspecified atom stereocenters. The lowest BCUT2D eigenvalue weighted by Crippen LogP contribution is -2.49. The number of aromatic nitrogens is 2. The molecule has 28 heavy (non-hydrogen) atoms. The Labute approximate surface area is 167 Å². The number of benzene rings is 1. The van der Waals surface area contributed by atoms with E-state index in [1.807, 2.05) is 19.1 Å². The van der Waals surface area contributed by atoms with Crippen molar-refractivity contribution in [3.05, 3.63) is 65.3 Å². The highest BCUT2D eigenvalue weighted by Crippen LogP contribution is 2.30. The van der Waals surface area contributed by atoms with Crippen molar-refractivity contribution in [2.24, 2.45) is 0 Å². The van der Waals surface area contributed by atoms with Crippen LogP contribution in [0.2, 0.25) is 5.02 Å². The lowest BCUT2D eigenvalue weighted by Gasteiger charge is -2.34. The van der Waals surface area contributed by atoms with Gasteiger partial charge in [-0.25, -0.2) is 9.97 Å². The molecule has 8 heteroatoms. The molecule has 0 radical (unpaired) electrons. The second-order valence-corrected chi connectivity index (χ2v) is 6.91. The predicted octanol–water partition coefficient (Wildman–Crippen LogP) is 3.79. The summed E-state index contributed by atoms with van der Waals surface area (Å²) in [4.78, 5) is 24.8. The molecule has 0 saturated carbocycles. The van der Waals surface area contributed by atoms with Gasteiger partial charge in [0.05, 0.1) is 11.3 Å². The van der Waals surface area contributed by atoms with Gasteiger partial charge in [-0.1, -0.05) is 17.7 Å². The fourth-order valence-electron chi connectivity index (χ4n) is 3.05. The Morgan fingerprint density at radius 1 is 1.14 bits per heavy atom. The van der Waals surface area contributed by atoms with Gasteiger partial charge in [-0.3, -0.25) is 4.79 Å². The number of rotatable bonds is 4. The molecule has 0 bridgehead atoms. The highest BCUT2D eigenvalue weighted by Gasteiger charge is 2.24. The Morgan fingerprint density at radius 3 is 2.71 bits per heavy atom. The summed E-state index contributed by atoms with van der Waals surface area (Å²) in [5, 5.41) is 0.524. The fourth-order valence-corrected chi connectivity index (χ4v) is 3.21. The molecule has 1 aliphatic heterocycles. The molecule has 144 valence electrons. The third-order valence-corrected chi connectivity index (χ3v) is 4.86. The SMILES string of the molecule is Cc1ccc(Cl)c(Oc2cc(N3CCN(C(=O)c4ccco4)CC3)ncn2)c1. The molecule has 1 saturated heterocycles. The minimum Gasteiger partial charge on any atom is -0.459 e. The van der Waals surface area contributed by atoms with E-state index in [-0.39, 0.29) is 5.91 Å². The number of carbonyl (C=O) groups is 1. The summed E-state index contributed by atoms with van der Waals surface area (Å²) >= 11 is 6.20. The summed E-state index contributed by atoms with van der Waals surface area (Å²) in [6, 6.07) is 10.8. The van der Waals surface area contributed by atoms with Crippen LogP contribution >= 0.6 is 11.6 Å². The van der Waals surface area contributed by atoms with E-state index in [2.05, 4.69) is 14.9 Å². The molecule has 0 atom stereocenters. The largest absolute Gasteiger partial charge is 0.459 e. The van der Waals surface area contributed by atoms with Crippen LogP contribution in [0.5, 0.6) is 11.6 Å². The van der Waals surface area contributed by atoms with Crippen molar-refractivity contribution in [3.8, 4) is 11.6 Å². The van der Waals surface area contributed by atoms with Crippen molar-refractivity contribution in [3.63, 3.8) is 0 Å². The number of hydrogen-bond acceptors (Lipinski definition) is 6. The molecule has 2 aromatic heterocycles. The van der Waals surface area contributed by atoms with Crippen LogP contribution in [0.3, 0.4) is 0 Å². The highest BCUT2D eigenvalue weighted by atomic mass is 35.5. The molecule has 4 rings (SSSR count). The standard InChI is InChI=1S/C20H19ClN4O3/c1-14-4-5-15(21)17(11-14)28-19-12-18(22-13-23-19)24-6-8-25(9-7-24)20(26)16-3-2-10-27-16/h2-5,10-13H,6-9H2,1H3. The number of anilines is 1. The first-order chi connectivity index (χ1) is 13.6. The first kappa shape index (κ1) is 18.3. The van der Waals surface area contributed by atoms with E-state index in [1.54, 1.807) is 29.2 Å². The maximum Gasteiger partial charge on any atom is 0.289 e. The van der Waals surface area contributed by atoms with Gasteiger partial charge in [0, 0.05) is 32.2 Å². The highest BCUT2D eigenvalue weighted by molar-refractivity contribution is 6.32. The van der Waals surface area contributed by atoms with Gasteiger partial charge in [0.2, 0.25) is 5.88 Å². The second-order valence-electron chi connectivity index (χ2n) is 6.51. The molecule has 1 fully saturated rings. The summed E-state index contributed by atoms with van der Waals surface area (Å²) in [7, 11) is 0. The number of halogens is 1. The molecule has 0 spiro atoms. The average Bonchev–Trinajstić information content (AvgIpc) is 3.25. The van der Waals surface area contributed by atoms with Crippen LogP contribution in [0.4, 0.5) is 5.82 Å². The first-order valence-electron chi connectivity index (χ1n) is 8.94. The summed E-state index contributed by atoms with van der Waals surface area (Å²) in [5.41, 5.74) is 1.05. The summed E-state index contributed by atoms with van der Waals surface area (Å²) in [5.74, 6) is 2.00. The van der Waals surface area contributed by atoms with Gasteiger partial charge in [0.25, 0.3) is 5.91 Å². The van der Waals surface area contributed by atoms with E-state index in [1.165, 1.54) is 12.6 Å². The fraction of sp³-hybridized carbons (Fsp3) is 0.250. The van der Waals surface area contributed by atoms with Crippen LogP contribution in [0.1, 0.15) is 16.1 Å². The first-order valence-corrected chi connectivity index (χ1v) is 9.32. The van der Waals surface area contributed by atoms with Crippen molar-refractivity contribution < 1.29 is 13.9 Å². The molecular weight excluding hydrogens is 380 g/mol. The maximum atomic E-state index is 12.4.